The zero-order valence-electron chi connectivity index (χ0n) is 12.6. The van der Waals surface area contributed by atoms with Gasteiger partial charge in [-0.3, -0.25) is 9.89 Å². The van der Waals surface area contributed by atoms with Gasteiger partial charge in [0.15, 0.2) is 0 Å². The van der Waals surface area contributed by atoms with Crippen LogP contribution in [0.5, 0.6) is 0 Å². The minimum atomic E-state index is -0.169. The molecule has 0 aliphatic heterocycles. The summed E-state index contributed by atoms with van der Waals surface area (Å²) in [7, 11) is 0. The first-order chi connectivity index (χ1) is 11.1. The Bertz CT molecular complexity index is 797. The number of carbonyl (C=O) groups is 1. The summed E-state index contributed by atoms with van der Waals surface area (Å²) in [5, 5.41) is 9.99. The molecule has 4 nitrogen and oxygen atoms in total. The topological polar surface area (TPSA) is 57.8 Å². The van der Waals surface area contributed by atoms with Crippen LogP contribution in [0.15, 0.2) is 65.1 Å². The van der Waals surface area contributed by atoms with E-state index < -0.39 is 0 Å². The number of hydrogen-bond donors (Lipinski definition) is 2. The van der Waals surface area contributed by atoms with E-state index in [9.17, 15) is 4.79 Å². The Morgan fingerprint density at radius 1 is 1.13 bits per heavy atom. The number of nitrogens with zero attached hydrogens (tertiary/aromatic N) is 1. The molecule has 1 amide bonds. The van der Waals surface area contributed by atoms with Crippen molar-refractivity contribution < 1.29 is 4.79 Å². The maximum absolute atomic E-state index is 12.3. The van der Waals surface area contributed by atoms with Crippen LogP contribution in [0.25, 0.3) is 11.3 Å². The van der Waals surface area contributed by atoms with Crippen molar-refractivity contribution in [1.82, 2.24) is 15.5 Å². The molecule has 0 unspecified atom stereocenters. The number of nitrogens with one attached hydrogen (secondary N) is 2. The fourth-order valence-corrected chi connectivity index (χ4v) is 2.57. The standard InChI is InChI=1S/C18H16BrN3O/c1-12(13-5-3-2-4-6-13)20-18(23)17-11-16(21-22-17)14-7-9-15(19)10-8-14/h2-12H,1H3,(H,20,23)(H,21,22)/t12-/m0/s1. The molecule has 1 aromatic heterocycles. The summed E-state index contributed by atoms with van der Waals surface area (Å²) in [5.74, 6) is -0.169. The van der Waals surface area contributed by atoms with Crippen molar-refractivity contribution in [3.05, 3.63) is 76.4 Å². The van der Waals surface area contributed by atoms with Gasteiger partial charge in [0.1, 0.15) is 5.69 Å². The van der Waals surface area contributed by atoms with Crippen molar-refractivity contribution in [3.8, 4) is 11.3 Å². The second kappa shape index (κ2) is 6.79. The summed E-state index contributed by atoms with van der Waals surface area (Å²) in [6.45, 7) is 1.96. The normalized spacial score (nSPS) is 11.9. The Balaban J connectivity index is 1.72. The lowest BCUT2D eigenvalue weighted by molar-refractivity contribution is 0.0935. The minimum absolute atomic E-state index is 0.0665. The second-order valence-electron chi connectivity index (χ2n) is 5.28. The smallest absolute Gasteiger partial charge is 0.269 e. The Kier molecular flexibility index (Phi) is 4.57. The van der Waals surface area contributed by atoms with Gasteiger partial charge in [0, 0.05) is 10.0 Å². The van der Waals surface area contributed by atoms with Gasteiger partial charge in [-0.05, 0) is 30.7 Å². The summed E-state index contributed by atoms with van der Waals surface area (Å²) >= 11 is 3.40. The lowest BCUT2D eigenvalue weighted by Crippen LogP contribution is -2.26. The Labute approximate surface area is 143 Å². The molecule has 0 saturated carbocycles. The van der Waals surface area contributed by atoms with Gasteiger partial charge in [-0.25, -0.2) is 0 Å². The van der Waals surface area contributed by atoms with Crippen LogP contribution in [0.4, 0.5) is 0 Å². The average Bonchev–Trinajstić information content (AvgIpc) is 3.06. The van der Waals surface area contributed by atoms with E-state index in [1.807, 2.05) is 61.5 Å². The van der Waals surface area contributed by atoms with Gasteiger partial charge in [0.25, 0.3) is 5.91 Å². The van der Waals surface area contributed by atoms with Crippen molar-refractivity contribution in [2.24, 2.45) is 0 Å². The summed E-state index contributed by atoms with van der Waals surface area (Å²) in [6.07, 6.45) is 0. The van der Waals surface area contributed by atoms with Gasteiger partial charge in [-0.2, -0.15) is 5.10 Å². The number of H-pyrrole nitrogens is 1. The number of aromatic nitrogens is 2. The van der Waals surface area contributed by atoms with E-state index in [1.165, 1.54) is 0 Å². The molecule has 2 N–H and O–H groups in total. The summed E-state index contributed by atoms with van der Waals surface area (Å²) in [5.41, 5.74) is 3.22. The van der Waals surface area contributed by atoms with Crippen LogP contribution in [0, 0.1) is 0 Å². The molecule has 3 rings (SSSR count). The van der Waals surface area contributed by atoms with Crippen LogP contribution >= 0.6 is 15.9 Å². The van der Waals surface area contributed by atoms with Crippen molar-refractivity contribution in [2.45, 2.75) is 13.0 Å². The number of carbonyl (C=O) groups excluding carboxylic acids is 1. The Hall–Kier alpha value is -2.40. The molecular weight excluding hydrogens is 354 g/mol. The fraction of sp³-hybridized carbons (Fsp3) is 0.111. The highest BCUT2D eigenvalue weighted by molar-refractivity contribution is 9.10. The highest BCUT2D eigenvalue weighted by Crippen LogP contribution is 2.21. The van der Waals surface area contributed by atoms with Crippen LogP contribution < -0.4 is 5.32 Å². The highest BCUT2D eigenvalue weighted by atomic mass is 79.9. The first-order valence-corrected chi connectivity index (χ1v) is 8.10. The third-order valence-electron chi connectivity index (χ3n) is 3.61. The predicted octanol–water partition coefficient (Wildman–Crippen LogP) is 4.33. The zero-order valence-corrected chi connectivity index (χ0v) is 14.2. The summed E-state index contributed by atoms with van der Waals surface area (Å²) in [4.78, 5) is 12.3. The van der Waals surface area contributed by atoms with Gasteiger partial charge in [-0.1, -0.05) is 58.4 Å². The van der Waals surface area contributed by atoms with E-state index in [1.54, 1.807) is 6.07 Å². The van der Waals surface area contributed by atoms with Crippen LogP contribution in [0.3, 0.4) is 0 Å². The van der Waals surface area contributed by atoms with Crippen LogP contribution in [0.2, 0.25) is 0 Å². The number of aromatic amines is 1. The van der Waals surface area contributed by atoms with Crippen LogP contribution in [-0.2, 0) is 0 Å². The molecule has 23 heavy (non-hydrogen) atoms. The molecule has 3 aromatic rings. The van der Waals surface area contributed by atoms with E-state index in [4.69, 9.17) is 0 Å². The molecule has 2 aromatic carbocycles. The van der Waals surface area contributed by atoms with Crippen LogP contribution in [-0.4, -0.2) is 16.1 Å². The molecule has 0 fully saturated rings. The van der Waals surface area contributed by atoms with E-state index in [0.717, 1.165) is 21.3 Å². The molecule has 1 atom stereocenters. The molecule has 1 heterocycles. The third kappa shape index (κ3) is 3.68. The molecule has 116 valence electrons. The van der Waals surface area contributed by atoms with Crippen molar-refractivity contribution in [2.75, 3.05) is 0 Å². The zero-order chi connectivity index (χ0) is 16.2. The maximum atomic E-state index is 12.3. The first kappa shape index (κ1) is 15.5. The third-order valence-corrected chi connectivity index (χ3v) is 4.14. The number of halogens is 1. The summed E-state index contributed by atoms with van der Waals surface area (Å²) in [6, 6.07) is 19.3. The SMILES string of the molecule is C[C@H](NC(=O)c1cc(-c2ccc(Br)cc2)n[nH]1)c1ccccc1. The molecule has 0 saturated heterocycles. The van der Waals surface area contributed by atoms with Crippen molar-refractivity contribution in [1.29, 1.82) is 0 Å². The first-order valence-electron chi connectivity index (χ1n) is 7.30. The number of benzene rings is 2. The molecule has 5 heteroatoms. The summed E-state index contributed by atoms with van der Waals surface area (Å²) < 4.78 is 1.01. The highest BCUT2D eigenvalue weighted by Gasteiger charge is 2.14. The largest absolute Gasteiger partial charge is 0.344 e. The monoisotopic (exact) mass is 369 g/mol. The second-order valence-corrected chi connectivity index (χ2v) is 6.20. The van der Waals surface area contributed by atoms with Crippen molar-refractivity contribution >= 4 is 21.8 Å². The van der Waals surface area contributed by atoms with E-state index >= 15 is 0 Å². The van der Waals surface area contributed by atoms with Crippen LogP contribution in [0.1, 0.15) is 29.0 Å². The quantitative estimate of drug-likeness (QED) is 0.718. The lowest BCUT2D eigenvalue weighted by atomic mass is 10.1. The van der Waals surface area contributed by atoms with Gasteiger partial charge in [-0.15, -0.1) is 0 Å². The molecule has 0 radical (unpaired) electrons. The van der Waals surface area contributed by atoms with Gasteiger partial charge < -0.3 is 5.32 Å². The van der Waals surface area contributed by atoms with Gasteiger partial charge in [0.2, 0.25) is 0 Å². The van der Waals surface area contributed by atoms with Gasteiger partial charge >= 0.3 is 0 Å². The molecule has 0 bridgehead atoms. The number of hydrogen-bond acceptors (Lipinski definition) is 2. The van der Waals surface area contributed by atoms with Crippen molar-refractivity contribution in [3.63, 3.8) is 0 Å². The molecular formula is C18H16BrN3O. The Morgan fingerprint density at radius 3 is 2.52 bits per heavy atom. The average molecular weight is 370 g/mol. The molecule has 0 spiro atoms. The van der Waals surface area contributed by atoms with E-state index in [2.05, 4.69) is 31.4 Å². The Morgan fingerprint density at radius 2 is 1.83 bits per heavy atom. The number of rotatable bonds is 4. The number of amides is 1. The fourth-order valence-electron chi connectivity index (χ4n) is 2.31. The van der Waals surface area contributed by atoms with Gasteiger partial charge in [0.05, 0.1) is 11.7 Å². The molecule has 0 aliphatic rings. The molecule has 0 aliphatic carbocycles. The predicted molar refractivity (Wildman–Crippen MR) is 94.0 cm³/mol. The maximum Gasteiger partial charge on any atom is 0.269 e. The van der Waals surface area contributed by atoms with E-state index in [-0.39, 0.29) is 11.9 Å². The minimum Gasteiger partial charge on any atom is -0.344 e. The van der Waals surface area contributed by atoms with E-state index in [0.29, 0.717) is 5.69 Å². The lowest BCUT2D eigenvalue weighted by Gasteiger charge is -2.13.